The molecule has 0 aromatic heterocycles. The topological polar surface area (TPSA) is 26.3 Å². The number of rotatable bonds is 4. The van der Waals surface area contributed by atoms with Gasteiger partial charge in [0.2, 0.25) is 0 Å². The van der Waals surface area contributed by atoms with E-state index in [4.69, 9.17) is 16.3 Å². The van der Waals surface area contributed by atoms with Crippen LogP contribution in [0.5, 0.6) is 5.75 Å². The quantitative estimate of drug-likeness (QED) is 0.607. The van der Waals surface area contributed by atoms with Crippen LogP contribution in [0.3, 0.4) is 0 Å². The number of halogens is 3. The second-order valence-electron chi connectivity index (χ2n) is 5.22. The molecule has 0 bridgehead atoms. The molecule has 0 unspecified atom stereocenters. The molecule has 0 aliphatic heterocycles. The van der Waals surface area contributed by atoms with E-state index in [-0.39, 0.29) is 23.3 Å². The average Bonchev–Trinajstić information content (AvgIpc) is 2.26. The van der Waals surface area contributed by atoms with E-state index < -0.39 is 11.2 Å². The summed E-state index contributed by atoms with van der Waals surface area (Å²) in [4.78, 5) is 11.7. The number of hydrogen-bond acceptors (Lipinski definition) is 2. The monoisotopic (exact) mass is 290 g/mol. The largest absolute Gasteiger partial charge is 0.493 e. The maximum Gasteiger partial charge on any atom is 0.385 e. The van der Waals surface area contributed by atoms with E-state index in [2.05, 4.69) is 0 Å². The number of ketones is 1. The maximum absolute atomic E-state index is 13.0. The van der Waals surface area contributed by atoms with Crippen LogP contribution in [-0.2, 0) is 5.41 Å². The van der Waals surface area contributed by atoms with Crippen LogP contribution in [0.2, 0.25) is 0 Å². The molecule has 0 spiro atoms. The molecule has 0 radical (unpaired) electrons. The van der Waals surface area contributed by atoms with Crippen molar-refractivity contribution in [3.05, 3.63) is 29.3 Å². The normalized spacial score (nSPS) is 12.4. The third kappa shape index (κ3) is 3.90. The number of hydrogen-bond donors (Lipinski definition) is 0. The number of alkyl halides is 3. The number of Topliss-reactive ketones (excluding diaryl/α,β-unsaturated/α-hetero) is 1. The Morgan fingerprint density at radius 3 is 2.32 bits per heavy atom. The molecular formula is C14H17ClF2O2. The molecule has 0 aliphatic rings. The predicted molar refractivity (Wildman–Crippen MR) is 71.4 cm³/mol. The molecule has 1 aromatic carbocycles. The summed E-state index contributed by atoms with van der Waals surface area (Å²) in [7, 11) is 0. The van der Waals surface area contributed by atoms with Crippen molar-refractivity contribution in [2.75, 3.05) is 6.61 Å². The lowest BCUT2D eigenvalue weighted by molar-refractivity contribution is 0.0532. The molecule has 1 rings (SSSR count). The molecule has 0 aliphatic carbocycles. The fourth-order valence-electron chi connectivity index (χ4n) is 1.61. The van der Waals surface area contributed by atoms with Crippen LogP contribution in [-0.4, -0.2) is 17.8 Å². The van der Waals surface area contributed by atoms with Crippen LogP contribution in [0.25, 0.3) is 0 Å². The Labute approximate surface area is 116 Å². The van der Waals surface area contributed by atoms with Gasteiger partial charge in [-0.2, -0.15) is 8.78 Å². The van der Waals surface area contributed by atoms with Gasteiger partial charge >= 0.3 is 5.38 Å². The van der Waals surface area contributed by atoms with Gasteiger partial charge in [0.25, 0.3) is 5.78 Å². The van der Waals surface area contributed by atoms with Crippen molar-refractivity contribution in [3.8, 4) is 5.75 Å². The molecule has 19 heavy (non-hydrogen) atoms. The molecule has 2 nitrogen and oxygen atoms in total. The van der Waals surface area contributed by atoms with Gasteiger partial charge in [-0.3, -0.25) is 4.79 Å². The third-order valence-corrected chi connectivity index (χ3v) is 2.82. The minimum atomic E-state index is -3.93. The summed E-state index contributed by atoms with van der Waals surface area (Å²) >= 11 is 4.82. The smallest absolute Gasteiger partial charge is 0.385 e. The Hall–Kier alpha value is -1.16. The Morgan fingerprint density at radius 1 is 1.32 bits per heavy atom. The Balaban J connectivity index is 3.35. The standard InChI is InChI=1S/C14H17ClF2O2/c1-5-19-11-7-6-9(13(2,3)4)8-10(11)12(18)14(15,16)17/h6-8H,5H2,1-4H3. The maximum atomic E-state index is 13.0. The molecular weight excluding hydrogens is 274 g/mol. The second kappa shape index (κ2) is 5.45. The molecule has 0 amide bonds. The van der Waals surface area contributed by atoms with Gasteiger partial charge in [0, 0.05) is 0 Å². The van der Waals surface area contributed by atoms with Crippen molar-refractivity contribution in [2.24, 2.45) is 0 Å². The van der Waals surface area contributed by atoms with Crippen LogP contribution < -0.4 is 4.74 Å². The fourth-order valence-corrected chi connectivity index (χ4v) is 1.71. The van der Waals surface area contributed by atoms with E-state index in [1.165, 1.54) is 12.1 Å². The zero-order valence-electron chi connectivity index (χ0n) is 11.4. The van der Waals surface area contributed by atoms with Gasteiger partial charge in [-0.05, 0) is 41.6 Å². The van der Waals surface area contributed by atoms with Gasteiger partial charge in [0.05, 0.1) is 12.2 Å². The fraction of sp³-hybridized carbons (Fsp3) is 0.500. The summed E-state index contributed by atoms with van der Waals surface area (Å²) < 4.78 is 31.2. The van der Waals surface area contributed by atoms with Crippen molar-refractivity contribution in [2.45, 2.75) is 38.5 Å². The summed E-state index contributed by atoms with van der Waals surface area (Å²) in [5, 5.41) is -3.93. The highest BCUT2D eigenvalue weighted by Gasteiger charge is 2.38. The van der Waals surface area contributed by atoms with Gasteiger partial charge in [-0.1, -0.05) is 26.8 Å². The zero-order chi connectivity index (χ0) is 14.8. The third-order valence-electron chi connectivity index (χ3n) is 2.65. The van der Waals surface area contributed by atoms with Crippen molar-refractivity contribution in [1.29, 1.82) is 0 Å². The second-order valence-corrected chi connectivity index (χ2v) is 5.70. The van der Waals surface area contributed by atoms with Gasteiger partial charge in [0.1, 0.15) is 5.75 Å². The molecule has 0 atom stereocenters. The van der Waals surface area contributed by atoms with Crippen molar-refractivity contribution in [3.63, 3.8) is 0 Å². The minimum Gasteiger partial charge on any atom is -0.493 e. The number of carbonyl (C=O) groups excluding carboxylic acids is 1. The highest BCUT2D eigenvalue weighted by Crippen LogP contribution is 2.33. The first-order valence-corrected chi connectivity index (χ1v) is 6.34. The lowest BCUT2D eigenvalue weighted by Crippen LogP contribution is -2.23. The Kier molecular flexibility index (Phi) is 4.56. The van der Waals surface area contributed by atoms with Crippen molar-refractivity contribution < 1.29 is 18.3 Å². The molecule has 5 heteroatoms. The molecule has 106 valence electrons. The van der Waals surface area contributed by atoms with Crippen molar-refractivity contribution in [1.82, 2.24) is 0 Å². The number of ether oxygens (including phenoxy) is 1. The van der Waals surface area contributed by atoms with E-state index in [1.54, 1.807) is 13.0 Å². The van der Waals surface area contributed by atoms with E-state index in [9.17, 15) is 13.6 Å². The minimum absolute atomic E-state index is 0.126. The van der Waals surface area contributed by atoms with E-state index in [0.29, 0.717) is 0 Å². The van der Waals surface area contributed by atoms with Crippen LogP contribution in [0.15, 0.2) is 18.2 Å². The molecule has 0 saturated heterocycles. The molecule has 1 aromatic rings. The predicted octanol–water partition coefficient (Wildman–Crippen LogP) is 4.40. The van der Waals surface area contributed by atoms with E-state index >= 15 is 0 Å². The van der Waals surface area contributed by atoms with Crippen LogP contribution in [0, 0.1) is 0 Å². The number of carbonyl (C=O) groups is 1. The number of benzene rings is 1. The summed E-state index contributed by atoms with van der Waals surface area (Å²) in [5.74, 6) is -1.32. The summed E-state index contributed by atoms with van der Waals surface area (Å²) in [6.45, 7) is 7.77. The summed E-state index contributed by atoms with van der Waals surface area (Å²) in [6.07, 6.45) is 0. The van der Waals surface area contributed by atoms with Gasteiger partial charge in [0.15, 0.2) is 0 Å². The Morgan fingerprint density at radius 2 is 1.89 bits per heavy atom. The average molecular weight is 291 g/mol. The first-order valence-electron chi connectivity index (χ1n) is 5.96. The highest BCUT2D eigenvalue weighted by molar-refractivity contribution is 6.35. The van der Waals surface area contributed by atoms with Gasteiger partial charge in [-0.15, -0.1) is 0 Å². The van der Waals surface area contributed by atoms with Crippen LogP contribution in [0.4, 0.5) is 8.78 Å². The molecule has 0 N–H and O–H groups in total. The molecule has 0 saturated carbocycles. The van der Waals surface area contributed by atoms with Crippen LogP contribution in [0.1, 0.15) is 43.6 Å². The zero-order valence-corrected chi connectivity index (χ0v) is 12.1. The first kappa shape index (κ1) is 15.9. The lowest BCUT2D eigenvalue weighted by atomic mass is 9.85. The molecule has 0 fully saturated rings. The van der Waals surface area contributed by atoms with Crippen molar-refractivity contribution >= 4 is 17.4 Å². The van der Waals surface area contributed by atoms with E-state index in [1.807, 2.05) is 20.8 Å². The van der Waals surface area contributed by atoms with Crippen LogP contribution >= 0.6 is 11.6 Å². The molecule has 0 heterocycles. The van der Waals surface area contributed by atoms with E-state index in [0.717, 1.165) is 5.56 Å². The summed E-state index contributed by atoms with van der Waals surface area (Å²) in [5.41, 5.74) is 0.316. The Bertz CT molecular complexity index is 473. The SMILES string of the molecule is CCOc1ccc(C(C)(C)C)cc1C(=O)C(F)(F)Cl. The highest BCUT2D eigenvalue weighted by atomic mass is 35.5. The lowest BCUT2D eigenvalue weighted by Gasteiger charge is -2.21. The summed E-state index contributed by atoms with van der Waals surface area (Å²) in [6, 6.07) is 4.71. The van der Waals surface area contributed by atoms with Gasteiger partial charge in [-0.25, -0.2) is 0 Å². The van der Waals surface area contributed by atoms with Gasteiger partial charge < -0.3 is 4.74 Å². The first-order chi connectivity index (χ1) is 8.57.